The highest BCUT2D eigenvalue weighted by Crippen LogP contribution is 2.31. The lowest BCUT2D eigenvalue weighted by Gasteiger charge is -2.23. The Bertz CT molecular complexity index is 1120. The summed E-state index contributed by atoms with van der Waals surface area (Å²) < 4.78 is 22.3. The first-order valence-corrected chi connectivity index (χ1v) is 11.0. The number of hydrogen-bond acceptors (Lipinski definition) is 7. The lowest BCUT2D eigenvalue weighted by molar-refractivity contribution is -0.0435. The van der Waals surface area contributed by atoms with E-state index in [-0.39, 0.29) is 6.61 Å². The zero-order chi connectivity index (χ0) is 23.9. The van der Waals surface area contributed by atoms with Crippen LogP contribution >= 0.6 is 11.6 Å². The summed E-state index contributed by atoms with van der Waals surface area (Å²) in [5, 5.41) is 0. The van der Waals surface area contributed by atoms with Gasteiger partial charge in [0.2, 0.25) is 0 Å². The fourth-order valence-corrected chi connectivity index (χ4v) is 3.75. The van der Waals surface area contributed by atoms with Crippen molar-refractivity contribution in [1.82, 2.24) is 0 Å². The van der Waals surface area contributed by atoms with Gasteiger partial charge in [0, 0.05) is 0 Å². The summed E-state index contributed by atoms with van der Waals surface area (Å²) in [6.45, 7) is -0.261. The zero-order valence-corrected chi connectivity index (χ0v) is 18.7. The number of rotatable bonds is 7. The Kier molecular flexibility index (Phi) is 7.57. The van der Waals surface area contributed by atoms with Crippen molar-refractivity contribution >= 4 is 29.5 Å². The molecular formula is C26H21ClO7. The minimum atomic E-state index is -1.12. The summed E-state index contributed by atoms with van der Waals surface area (Å²) in [5.74, 6) is -1.88. The Morgan fingerprint density at radius 1 is 0.647 bits per heavy atom. The molecule has 4 rings (SSSR count). The molecule has 1 unspecified atom stereocenters. The van der Waals surface area contributed by atoms with Gasteiger partial charge in [0.05, 0.1) is 16.7 Å². The van der Waals surface area contributed by atoms with Crippen LogP contribution in [0.2, 0.25) is 0 Å². The first-order chi connectivity index (χ1) is 16.5. The standard InChI is InChI=1S/C26H21ClO7/c27-23-22(34-26(30)19-14-8-3-9-15-19)21(33-25(29)18-12-6-2-7-13-18)20(32-23)16-31-24(28)17-10-4-1-5-11-17/h1-15,20-23H,16H2/t20-,21+,22-,23?/m0/s1. The summed E-state index contributed by atoms with van der Waals surface area (Å²) in [6, 6.07) is 25.1. The molecule has 0 aliphatic carbocycles. The van der Waals surface area contributed by atoms with Gasteiger partial charge in [-0.3, -0.25) is 0 Å². The zero-order valence-electron chi connectivity index (χ0n) is 17.9. The Morgan fingerprint density at radius 2 is 1.06 bits per heavy atom. The van der Waals surface area contributed by atoms with Crippen LogP contribution < -0.4 is 0 Å². The maximum absolute atomic E-state index is 12.7. The van der Waals surface area contributed by atoms with Crippen LogP contribution in [0.1, 0.15) is 31.1 Å². The molecule has 0 bridgehead atoms. The molecule has 0 N–H and O–H groups in total. The smallest absolute Gasteiger partial charge is 0.338 e. The predicted molar refractivity (Wildman–Crippen MR) is 123 cm³/mol. The first kappa shape index (κ1) is 23.5. The molecule has 0 saturated carbocycles. The van der Waals surface area contributed by atoms with E-state index in [1.54, 1.807) is 91.0 Å². The van der Waals surface area contributed by atoms with Gasteiger partial charge in [-0.15, -0.1) is 0 Å². The van der Waals surface area contributed by atoms with Crippen LogP contribution in [0.25, 0.3) is 0 Å². The Labute approximate surface area is 201 Å². The van der Waals surface area contributed by atoms with E-state index in [2.05, 4.69) is 0 Å². The van der Waals surface area contributed by atoms with Crippen LogP contribution in [0.5, 0.6) is 0 Å². The SMILES string of the molecule is O=C(OC[C@@H]1OC(Cl)[C@@H](OC(=O)c2ccccc2)[C@@H]1OC(=O)c1ccccc1)c1ccccc1. The highest BCUT2D eigenvalue weighted by Gasteiger charge is 2.49. The van der Waals surface area contributed by atoms with E-state index in [0.717, 1.165) is 0 Å². The van der Waals surface area contributed by atoms with Crippen LogP contribution in [0.15, 0.2) is 91.0 Å². The number of benzene rings is 3. The van der Waals surface area contributed by atoms with Crippen LogP contribution in [0.3, 0.4) is 0 Å². The molecule has 4 atom stereocenters. The number of carbonyl (C=O) groups excluding carboxylic acids is 3. The van der Waals surface area contributed by atoms with Crippen molar-refractivity contribution in [2.45, 2.75) is 23.9 Å². The fourth-order valence-electron chi connectivity index (χ4n) is 3.43. The number of alkyl halides is 1. The quantitative estimate of drug-likeness (QED) is 0.283. The van der Waals surface area contributed by atoms with Gasteiger partial charge in [0.15, 0.2) is 17.8 Å². The van der Waals surface area contributed by atoms with E-state index in [1.165, 1.54) is 0 Å². The third-order valence-electron chi connectivity index (χ3n) is 5.15. The minimum Gasteiger partial charge on any atom is -0.459 e. The van der Waals surface area contributed by atoms with Gasteiger partial charge >= 0.3 is 17.9 Å². The Balaban J connectivity index is 1.51. The summed E-state index contributed by atoms with van der Waals surface area (Å²) in [5.41, 5.74) is -0.165. The second-order valence-electron chi connectivity index (χ2n) is 7.46. The lowest BCUT2D eigenvalue weighted by Crippen LogP contribution is -2.41. The van der Waals surface area contributed by atoms with Crippen LogP contribution in [-0.4, -0.2) is 48.4 Å². The Morgan fingerprint density at radius 3 is 1.53 bits per heavy atom. The molecule has 1 aliphatic rings. The van der Waals surface area contributed by atoms with Crippen molar-refractivity contribution in [3.8, 4) is 0 Å². The molecule has 0 radical (unpaired) electrons. The maximum Gasteiger partial charge on any atom is 0.338 e. The van der Waals surface area contributed by atoms with E-state index in [4.69, 9.17) is 30.5 Å². The van der Waals surface area contributed by atoms with Gasteiger partial charge < -0.3 is 18.9 Å². The monoisotopic (exact) mass is 480 g/mol. The molecule has 7 nitrogen and oxygen atoms in total. The van der Waals surface area contributed by atoms with Gasteiger partial charge in [0.1, 0.15) is 12.7 Å². The van der Waals surface area contributed by atoms with Crippen molar-refractivity contribution in [2.24, 2.45) is 0 Å². The fraction of sp³-hybridized carbons (Fsp3) is 0.192. The molecule has 0 amide bonds. The maximum atomic E-state index is 12.7. The van der Waals surface area contributed by atoms with E-state index >= 15 is 0 Å². The molecule has 1 fully saturated rings. The van der Waals surface area contributed by atoms with E-state index < -0.39 is 41.8 Å². The third-order valence-corrected chi connectivity index (χ3v) is 5.50. The highest BCUT2D eigenvalue weighted by molar-refractivity contribution is 6.20. The van der Waals surface area contributed by atoms with Gasteiger partial charge in [0.25, 0.3) is 0 Å². The average Bonchev–Trinajstić information content (AvgIpc) is 3.17. The molecule has 8 heteroatoms. The van der Waals surface area contributed by atoms with Gasteiger partial charge in [-0.2, -0.15) is 0 Å². The van der Waals surface area contributed by atoms with E-state index in [9.17, 15) is 14.4 Å². The molecule has 1 aliphatic heterocycles. The van der Waals surface area contributed by atoms with Crippen LogP contribution in [0.4, 0.5) is 0 Å². The van der Waals surface area contributed by atoms with Crippen molar-refractivity contribution in [2.75, 3.05) is 6.61 Å². The van der Waals surface area contributed by atoms with Crippen molar-refractivity contribution in [3.05, 3.63) is 108 Å². The number of carbonyl (C=O) groups is 3. The van der Waals surface area contributed by atoms with Crippen molar-refractivity contribution < 1.29 is 33.3 Å². The van der Waals surface area contributed by atoms with Crippen LogP contribution in [-0.2, 0) is 18.9 Å². The third kappa shape index (κ3) is 5.62. The molecule has 1 saturated heterocycles. The van der Waals surface area contributed by atoms with Gasteiger partial charge in [-0.05, 0) is 36.4 Å². The summed E-state index contributed by atoms with van der Waals surface area (Å²) >= 11 is 6.33. The van der Waals surface area contributed by atoms with Crippen LogP contribution in [0, 0.1) is 0 Å². The predicted octanol–water partition coefficient (Wildman–Crippen LogP) is 4.26. The highest BCUT2D eigenvalue weighted by atomic mass is 35.5. The molecule has 0 spiro atoms. The molecule has 0 aromatic heterocycles. The number of ether oxygens (including phenoxy) is 4. The second kappa shape index (κ2) is 11.0. The molecular weight excluding hydrogens is 460 g/mol. The second-order valence-corrected chi connectivity index (χ2v) is 7.89. The van der Waals surface area contributed by atoms with E-state index in [1.807, 2.05) is 0 Å². The van der Waals surface area contributed by atoms with Crippen molar-refractivity contribution in [3.63, 3.8) is 0 Å². The molecule has 174 valence electrons. The summed E-state index contributed by atoms with van der Waals surface area (Å²) in [4.78, 5) is 37.8. The number of halogens is 1. The molecule has 3 aromatic carbocycles. The topological polar surface area (TPSA) is 88.1 Å². The molecule has 3 aromatic rings. The summed E-state index contributed by atoms with van der Waals surface area (Å²) in [7, 11) is 0. The largest absolute Gasteiger partial charge is 0.459 e. The number of esters is 3. The summed E-state index contributed by atoms with van der Waals surface area (Å²) in [6.07, 6.45) is -3.18. The first-order valence-electron chi connectivity index (χ1n) is 10.6. The van der Waals surface area contributed by atoms with E-state index in [0.29, 0.717) is 16.7 Å². The molecule has 34 heavy (non-hydrogen) atoms. The Hall–Kier alpha value is -3.68. The minimum absolute atomic E-state index is 0.261. The number of hydrogen-bond donors (Lipinski definition) is 0. The normalized spacial score (nSPS) is 21.4. The molecule has 1 heterocycles. The average molecular weight is 481 g/mol. The van der Waals surface area contributed by atoms with Gasteiger partial charge in [-0.25, -0.2) is 14.4 Å². The van der Waals surface area contributed by atoms with Gasteiger partial charge in [-0.1, -0.05) is 66.2 Å². The lowest BCUT2D eigenvalue weighted by atomic mass is 10.1. The van der Waals surface area contributed by atoms with Crippen molar-refractivity contribution in [1.29, 1.82) is 0 Å².